The van der Waals surface area contributed by atoms with Crippen LogP contribution in [0, 0.1) is 11.8 Å². The molecule has 0 aromatic heterocycles. The van der Waals surface area contributed by atoms with Gasteiger partial charge in [-0.3, -0.25) is 0 Å². The zero-order valence-electron chi connectivity index (χ0n) is 9.40. The maximum absolute atomic E-state index is 12.7. The second-order valence-electron chi connectivity index (χ2n) is 5.09. The van der Waals surface area contributed by atoms with Crippen molar-refractivity contribution in [3.63, 3.8) is 0 Å². The Morgan fingerprint density at radius 2 is 1.80 bits per heavy atom. The molecule has 1 nitrogen and oxygen atoms in total. The summed E-state index contributed by atoms with van der Waals surface area (Å²) in [6.45, 7) is 4.14. The lowest BCUT2D eigenvalue weighted by atomic mass is 9.87. The minimum absolute atomic E-state index is 0.0827. The van der Waals surface area contributed by atoms with E-state index in [0.29, 0.717) is 24.7 Å². The minimum Gasteiger partial charge on any atom is -0.318 e. The molecule has 0 bridgehead atoms. The molecule has 2 N–H and O–H groups in total. The smallest absolute Gasteiger partial charge is 0.318 e. The molecule has 4 heteroatoms. The number of alkyl halides is 3. The molecule has 0 aliphatic heterocycles. The first kappa shape index (κ1) is 12.8. The fourth-order valence-corrected chi connectivity index (χ4v) is 2.34. The Hall–Kier alpha value is -0.250. The summed E-state index contributed by atoms with van der Waals surface area (Å²) >= 11 is 0. The molecule has 0 aromatic rings. The fourth-order valence-electron chi connectivity index (χ4n) is 2.34. The van der Waals surface area contributed by atoms with Gasteiger partial charge in [0.2, 0.25) is 0 Å². The third kappa shape index (κ3) is 2.86. The summed E-state index contributed by atoms with van der Waals surface area (Å²) in [4.78, 5) is 0. The zero-order chi connectivity index (χ0) is 11.7. The lowest BCUT2D eigenvalue weighted by Gasteiger charge is -2.30. The van der Waals surface area contributed by atoms with Crippen LogP contribution in [0.15, 0.2) is 0 Å². The average molecular weight is 223 g/mol. The van der Waals surface area contributed by atoms with E-state index in [1.54, 1.807) is 0 Å². The van der Waals surface area contributed by atoms with Crippen molar-refractivity contribution in [3.8, 4) is 0 Å². The van der Waals surface area contributed by atoms with Crippen molar-refractivity contribution in [3.05, 3.63) is 0 Å². The first-order valence-electron chi connectivity index (χ1n) is 5.62. The lowest BCUT2D eigenvalue weighted by Crippen LogP contribution is -2.53. The Bertz CT molecular complexity index is 212. The minimum atomic E-state index is -4.25. The number of nitrogens with two attached hydrogens (primary N) is 1. The number of hydrogen-bond donors (Lipinski definition) is 1. The van der Waals surface area contributed by atoms with Crippen LogP contribution in [0.1, 0.15) is 46.0 Å². The van der Waals surface area contributed by atoms with Gasteiger partial charge in [-0.25, -0.2) is 0 Å². The summed E-state index contributed by atoms with van der Waals surface area (Å²) in [6, 6.07) is 0. The quantitative estimate of drug-likeness (QED) is 0.677. The number of rotatable bonds is 1. The summed E-state index contributed by atoms with van der Waals surface area (Å²) in [5, 5.41) is 0. The first-order chi connectivity index (χ1) is 6.76. The predicted molar refractivity (Wildman–Crippen MR) is 54.4 cm³/mol. The van der Waals surface area contributed by atoms with Crippen molar-refractivity contribution in [2.24, 2.45) is 17.6 Å². The summed E-state index contributed by atoms with van der Waals surface area (Å²) in [5.74, 6) is 0.860. The molecule has 1 aliphatic carbocycles. The molecule has 1 fully saturated rings. The third-order valence-corrected chi connectivity index (χ3v) is 3.67. The largest absolute Gasteiger partial charge is 0.406 e. The average Bonchev–Trinajstić information content (AvgIpc) is 2.26. The van der Waals surface area contributed by atoms with E-state index in [0.717, 1.165) is 6.42 Å². The van der Waals surface area contributed by atoms with Crippen LogP contribution in [-0.4, -0.2) is 11.7 Å². The number of hydrogen-bond acceptors (Lipinski definition) is 1. The van der Waals surface area contributed by atoms with Gasteiger partial charge < -0.3 is 5.73 Å². The Morgan fingerprint density at radius 1 is 1.20 bits per heavy atom. The van der Waals surface area contributed by atoms with Gasteiger partial charge in [-0.2, -0.15) is 13.2 Å². The molecule has 1 aliphatic rings. The van der Waals surface area contributed by atoms with Crippen LogP contribution >= 0.6 is 0 Å². The maximum atomic E-state index is 12.7. The van der Waals surface area contributed by atoms with Crippen molar-refractivity contribution in [1.82, 2.24) is 0 Å². The van der Waals surface area contributed by atoms with E-state index in [2.05, 4.69) is 13.8 Å². The van der Waals surface area contributed by atoms with Gasteiger partial charge in [0.05, 0.1) is 0 Å². The van der Waals surface area contributed by atoms with Crippen molar-refractivity contribution in [2.75, 3.05) is 0 Å². The molecule has 1 saturated carbocycles. The molecule has 0 amide bonds. The van der Waals surface area contributed by atoms with Crippen LogP contribution < -0.4 is 5.73 Å². The molecule has 2 atom stereocenters. The van der Waals surface area contributed by atoms with Crippen LogP contribution in [0.2, 0.25) is 0 Å². The molecule has 1 rings (SSSR count). The van der Waals surface area contributed by atoms with Gasteiger partial charge in [0.1, 0.15) is 5.54 Å². The normalized spacial score (nSPS) is 34.2. The Balaban J connectivity index is 2.67. The van der Waals surface area contributed by atoms with Gasteiger partial charge in [-0.05, 0) is 31.1 Å². The fraction of sp³-hybridized carbons (Fsp3) is 1.00. The highest BCUT2D eigenvalue weighted by molar-refractivity contribution is 4.94. The molecule has 90 valence electrons. The van der Waals surface area contributed by atoms with Crippen LogP contribution in [0.3, 0.4) is 0 Å². The van der Waals surface area contributed by atoms with Crippen molar-refractivity contribution in [1.29, 1.82) is 0 Å². The maximum Gasteiger partial charge on any atom is 0.406 e. The molecule has 0 radical (unpaired) electrons. The summed E-state index contributed by atoms with van der Waals surface area (Å²) in [7, 11) is 0. The molecular weight excluding hydrogens is 203 g/mol. The molecular formula is C11H20F3N. The monoisotopic (exact) mass is 223 g/mol. The van der Waals surface area contributed by atoms with E-state index >= 15 is 0 Å². The first-order valence-corrected chi connectivity index (χ1v) is 5.62. The van der Waals surface area contributed by atoms with Gasteiger partial charge >= 0.3 is 6.18 Å². The Morgan fingerprint density at radius 3 is 2.27 bits per heavy atom. The van der Waals surface area contributed by atoms with Gasteiger partial charge in [-0.1, -0.05) is 26.7 Å². The predicted octanol–water partition coefficient (Wildman–Crippen LogP) is 3.48. The van der Waals surface area contributed by atoms with Gasteiger partial charge in [-0.15, -0.1) is 0 Å². The topological polar surface area (TPSA) is 26.0 Å². The van der Waals surface area contributed by atoms with Crippen LogP contribution in [0.5, 0.6) is 0 Å². The highest BCUT2D eigenvalue weighted by atomic mass is 19.4. The van der Waals surface area contributed by atoms with E-state index in [9.17, 15) is 13.2 Å². The molecule has 0 heterocycles. The molecule has 0 spiro atoms. The summed E-state index contributed by atoms with van der Waals surface area (Å²) in [6.07, 6.45) is -2.00. The SMILES string of the molecule is CC(C)[C@@H]1CCC[C@](N)(C(F)(F)F)CC1. The van der Waals surface area contributed by atoms with Crippen LogP contribution in [-0.2, 0) is 0 Å². The van der Waals surface area contributed by atoms with Crippen molar-refractivity contribution < 1.29 is 13.2 Å². The van der Waals surface area contributed by atoms with E-state index < -0.39 is 11.7 Å². The van der Waals surface area contributed by atoms with E-state index in [4.69, 9.17) is 5.73 Å². The highest BCUT2D eigenvalue weighted by Crippen LogP contribution is 2.41. The highest BCUT2D eigenvalue weighted by Gasteiger charge is 2.51. The van der Waals surface area contributed by atoms with E-state index in [1.165, 1.54) is 0 Å². The van der Waals surface area contributed by atoms with E-state index in [-0.39, 0.29) is 12.8 Å². The molecule has 0 unspecified atom stereocenters. The number of halogens is 3. The second kappa shape index (κ2) is 4.32. The zero-order valence-corrected chi connectivity index (χ0v) is 9.40. The van der Waals surface area contributed by atoms with Crippen LogP contribution in [0.25, 0.3) is 0 Å². The second-order valence-corrected chi connectivity index (χ2v) is 5.09. The van der Waals surface area contributed by atoms with Crippen molar-refractivity contribution in [2.45, 2.75) is 57.7 Å². The Labute approximate surface area is 89.2 Å². The van der Waals surface area contributed by atoms with Crippen LogP contribution in [0.4, 0.5) is 13.2 Å². The van der Waals surface area contributed by atoms with Gasteiger partial charge in [0.15, 0.2) is 0 Å². The molecule has 0 saturated heterocycles. The summed E-state index contributed by atoms with van der Waals surface area (Å²) < 4.78 is 38.1. The standard InChI is InChI=1S/C11H20F3N/c1-8(2)9-4-3-6-10(15,7-5-9)11(12,13)14/h8-9H,3-7,15H2,1-2H3/t9-,10-/m1/s1. The lowest BCUT2D eigenvalue weighted by molar-refractivity contribution is -0.189. The molecule has 15 heavy (non-hydrogen) atoms. The molecule has 0 aromatic carbocycles. The van der Waals surface area contributed by atoms with Crippen molar-refractivity contribution >= 4 is 0 Å². The van der Waals surface area contributed by atoms with E-state index in [1.807, 2.05) is 0 Å². The summed E-state index contributed by atoms with van der Waals surface area (Å²) in [5.41, 5.74) is 3.54. The Kier molecular flexibility index (Phi) is 3.69. The van der Waals surface area contributed by atoms with Gasteiger partial charge in [0.25, 0.3) is 0 Å². The van der Waals surface area contributed by atoms with Gasteiger partial charge in [0, 0.05) is 0 Å². The third-order valence-electron chi connectivity index (χ3n) is 3.67.